The highest BCUT2D eigenvalue weighted by molar-refractivity contribution is 14.1. The smallest absolute Gasteiger partial charge is 0.266 e. The molecule has 1 aromatic heterocycles. The zero-order valence-electron chi connectivity index (χ0n) is 10.0. The van der Waals surface area contributed by atoms with Crippen molar-refractivity contribution in [2.24, 2.45) is 0 Å². The molecule has 1 aliphatic rings. The van der Waals surface area contributed by atoms with Crippen molar-refractivity contribution in [3.05, 3.63) is 21.8 Å². The van der Waals surface area contributed by atoms with Crippen molar-refractivity contribution < 1.29 is 14.4 Å². The van der Waals surface area contributed by atoms with Crippen LogP contribution in [0.25, 0.3) is 11.5 Å². The highest BCUT2D eigenvalue weighted by Gasteiger charge is 2.18. The topological polar surface area (TPSA) is 71.6 Å². The molecule has 0 unspecified atom stereocenters. The summed E-state index contributed by atoms with van der Waals surface area (Å²) >= 11 is 2.06. The van der Waals surface area contributed by atoms with E-state index in [1.807, 2.05) is 17.0 Å². The second-order valence-electron chi connectivity index (χ2n) is 4.17. The molecule has 2 aromatic rings. The molecule has 0 aliphatic carbocycles. The summed E-state index contributed by atoms with van der Waals surface area (Å²) in [5.41, 5.74) is 0.713. The van der Waals surface area contributed by atoms with Crippen LogP contribution in [0, 0.1) is 3.57 Å². The number of phenols is 1. The van der Waals surface area contributed by atoms with Gasteiger partial charge < -0.3 is 19.3 Å². The highest BCUT2D eigenvalue weighted by atomic mass is 127. The molecule has 1 aliphatic heterocycles. The Morgan fingerprint density at radius 1 is 1.26 bits per heavy atom. The van der Waals surface area contributed by atoms with Gasteiger partial charge in [0.2, 0.25) is 0 Å². The first-order valence-electron chi connectivity index (χ1n) is 5.89. The minimum absolute atomic E-state index is 0.212. The number of aromatic hydroxyl groups is 1. The Labute approximate surface area is 123 Å². The minimum atomic E-state index is 0.212. The molecule has 0 saturated carbocycles. The van der Waals surface area contributed by atoms with E-state index in [0.29, 0.717) is 30.6 Å². The predicted octanol–water partition coefficient (Wildman–Crippen LogP) is 1.88. The summed E-state index contributed by atoms with van der Waals surface area (Å²) in [6.07, 6.45) is 0. The van der Waals surface area contributed by atoms with Crippen molar-refractivity contribution in [2.75, 3.05) is 31.2 Å². The van der Waals surface area contributed by atoms with Crippen LogP contribution in [0.3, 0.4) is 0 Å². The van der Waals surface area contributed by atoms with Gasteiger partial charge in [0.25, 0.3) is 11.8 Å². The van der Waals surface area contributed by atoms with E-state index in [4.69, 9.17) is 9.26 Å². The lowest BCUT2D eigenvalue weighted by Gasteiger charge is -2.24. The summed E-state index contributed by atoms with van der Waals surface area (Å²) in [5, 5.41) is 13.7. The van der Waals surface area contributed by atoms with Crippen LogP contribution in [-0.4, -0.2) is 41.6 Å². The van der Waals surface area contributed by atoms with Gasteiger partial charge in [-0.15, -0.1) is 0 Å². The molecule has 3 rings (SSSR count). The maximum absolute atomic E-state index is 9.69. The van der Waals surface area contributed by atoms with Crippen LogP contribution < -0.4 is 4.90 Å². The van der Waals surface area contributed by atoms with Crippen LogP contribution in [0.2, 0.25) is 0 Å². The minimum Gasteiger partial charge on any atom is -0.507 e. The average Bonchev–Trinajstić information content (AvgIpc) is 2.93. The molecule has 0 amide bonds. The van der Waals surface area contributed by atoms with Gasteiger partial charge in [-0.2, -0.15) is 4.98 Å². The van der Waals surface area contributed by atoms with Crippen LogP contribution in [0.4, 0.5) is 5.95 Å². The van der Waals surface area contributed by atoms with Crippen LogP contribution in [0.1, 0.15) is 0 Å². The molecular formula is C12H12IN3O3. The largest absolute Gasteiger partial charge is 0.507 e. The van der Waals surface area contributed by atoms with E-state index in [1.165, 1.54) is 0 Å². The normalized spacial score (nSPS) is 15.7. The average molecular weight is 373 g/mol. The first kappa shape index (κ1) is 12.7. The number of hydrogen-bond acceptors (Lipinski definition) is 6. The fourth-order valence-electron chi connectivity index (χ4n) is 1.87. The molecule has 0 bridgehead atoms. The van der Waals surface area contributed by atoms with Crippen molar-refractivity contribution in [3.63, 3.8) is 0 Å². The number of hydrogen-bond donors (Lipinski definition) is 1. The second kappa shape index (κ2) is 5.33. The van der Waals surface area contributed by atoms with Crippen molar-refractivity contribution in [1.82, 2.24) is 10.1 Å². The lowest BCUT2D eigenvalue weighted by Crippen LogP contribution is -2.36. The predicted molar refractivity (Wildman–Crippen MR) is 77.1 cm³/mol. The summed E-state index contributed by atoms with van der Waals surface area (Å²) in [7, 11) is 0. The van der Waals surface area contributed by atoms with Gasteiger partial charge in [0.1, 0.15) is 5.75 Å². The number of morpholine rings is 1. The molecule has 1 N–H and O–H groups in total. The first-order chi connectivity index (χ1) is 9.24. The summed E-state index contributed by atoms with van der Waals surface area (Å²) in [5.74, 6) is 1.19. The van der Waals surface area contributed by atoms with E-state index < -0.39 is 0 Å². The summed E-state index contributed by atoms with van der Waals surface area (Å²) < 4.78 is 11.3. The molecule has 0 radical (unpaired) electrons. The fraction of sp³-hybridized carbons (Fsp3) is 0.333. The van der Waals surface area contributed by atoms with Gasteiger partial charge in [0.05, 0.1) is 16.8 Å². The number of halogens is 1. The molecule has 2 heterocycles. The van der Waals surface area contributed by atoms with Crippen LogP contribution >= 0.6 is 22.6 Å². The van der Waals surface area contributed by atoms with Gasteiger partial charge in [0.15, 0.2) is 0 Å². The first-order valence-corrected chi connectivity index (χ1v) is 6.97. The van der Waals surface area contributed by atoms with E-state index in [-0.39, 0.29) is 5.75 Å². The summed E-state index contributed by atoms with van der Waals surface area (Å²) in [6.45, 7) is 2.87. The van der Waals surface area contributed by atoms with Gasteiger partial charge in [-0.1, -0.05) is 0 Å². The number of aromatic nitrogens is 2. The lowest BCUT2D eigenvalue weighted by atomic mass is 10.2. The van der Waals surface area contributed by atoms with Crippen molar-refractivity contribution in [3.8, 4) is 17.2 Å². The van der Waals surface area contributed by atoms with Gasteiger partial charge in [-0.05, 0) is 45.9 Å². The standard InChI is InChI=1S/C12H12IN3O3/c13-9-2-1-8(7-10(9)17)11-14-12(15-19-11)16-3-5-18-6-4-16/h1-2,7,17H,3-6H2. The van der Waals surface area contributed by atoms with E-state index >= 15 is 0 Å². The number of benzene rings is 1. The maximum atomic E-state index is 9.69. The Morgan fingerprint density at radius 3 is 2.79 bits per heavy atom. The highest BCUT2D eigenvalue weighted by Crippen LogP contribution is 2.27. The molecule has 1 aromatic carbocycles. The molecular weight excluding hydrogens is 361 g/mol. The third kappa shape index (κ3) is 2.66. The number of anilines is 1. The van der Waals surface area contributed by atoms with Crippen LogP contribution in [-0.2, 0) is 4.74 Å². The van der Waals surface area contributed by atoms with Crippen molar-refractivity contribution in [2.45, 2.75) is 0 Å². The zero-order valence-corrected chi connectivity index (χ0v) is 12.2. The summed E-state index contributed by atoms with van der Waals surface area (Å²) in [6, 6.07) is 5.28. The molecule has 100 valence electrons. The quantitative estimate of drug-likeness (QED) is 0.811. The zero-order chi connectivity index (χ0) is 13.2. The Morgan fingerprint density at radius 2 is 2.05 bits per heavy atom. The van der Waals surface area contributed by atoms with Gasteiger partial charge >= 0.3 is 0 Å². The molecule has 1 saturated heterocycles. The van der Waals surface area contributed by atoms with E-state index in [1.54, 1.807) is 6.07 Å². The van der Waals surface area contributed by atoms with Crippen molar-refractivity contribution >= 4 is 28.5 Å². The molecule has 0 spiro atoms. The number of nitrogens with zero attached hydrogens (tertiary/aromatic N) is 3. The summed E-state index contributed by atoms with van der Waals surface area (Å²) in [4.78, 5) is 6.37. The van der Waals surface area contributed by atoms with Gasteiger partial charge in [0, 0.05) is 18.7 Å². The third-order valence-electron chi connectivity index (χ3n) is 2.90. The molecule has 6 nitrogen and oxygen atoms in total. The Kier molecular flexibility index (Phi) is 3.56. The van der Waals surface area contributed by atoms with E-state index in [2.05, 4.69) is 32.7 Å². The SMILES string of the molecule is Oc1cc(-c2nc(N3CCOCC3)no2)ccc1I. The Hall–Kier alpha value is -1.35. The number of phenolic OH excluding ortho intramolecular Hbond substituents is 1. The Bertz CT molecular complexity index is 581. The van der Waals surface area contributed by atoms with Gasteiger partial charge in [-0.25, -0.2) is 0 Å². The maximum Gasteiger partial charge on any atom is 0.266 e. The van der Waals surface area contributed by atoms with E-state index in [9.17, 15) is 5.11 Å². The number of ether oxygens (including phenoxy) is 1. The van der Waals surface area contributed by atoms with E-state index in [0.717, 1.165) is 16.7 Å². The Balaban J connectivity index is 1.85. The monoisotopic (exact) mass is 373 g/mol. The fourth-order valence-corrected chi connectivity index (χ4v) is 2.21. The third-order valence-corrected chi connectivity index (χ3v) is 3.81. The number of rotatable bonds is 2. The van der Waals surface area contributed by atoms with Crippen LogP contribution in [0.15, 0.2) is 22.7 Å². The molecule has 1 fully saturated rings. The molecule has 7 heteroatoms. The molecule has 19 heavy (non-hydrogen) atoms. The second-order valence-corrected chi connectivity index (χ2v) is 5.33. The lowest BCUT2D eigenvalue weighted by molar-refractivity contribution is 0.121. The van der Waals surface area contributed by atoms with Gasteiger partial charge in [-0.3, -0.25) is 0 Å². The molecule has 0 atom stereocenters. The van der Waals surface area contributed by atoms with Crippen LogP contribution in [0.5, 0.6) is 5.75 Å². The van der Waals surface area contributed by atoms with Crippen molar-refractivity contribution in [1.29, 1.82) is 0 Å².